The molecule has 0 bridgehead atoms. The van der Waals surface area contributed by atoms with Crippen LogP contribution in [-0.2, 0) is 17.5 Å². The molecular weight excluding hydrogens is 451 g/mol. The number of hydrogen-bond donors (Lipinski definition) is 2. The molecular formula is C23H26F3N5O3. The second-order valence-electron chi connectivity index (χ2n) is 8.20. The molecule has 0 spiro atoms. The van der Waals surface area contributed by atoms with Gasteiger partial charge in [0.2, 0.25) is 0 Å². The van der Waals surface area contributed by atoms with Gasteiger partial charge in [-0.2, -0.15) is 13.2 Å². The summed E-state index contributed by atoms with van der Waals surface area (Å²) >= 11 is 0. The zero-order chi connectivity index (χ0) is 24.5. The number of nitrogen functional groups attached to an aromatic ring is 1. The number of hydrogen-bond acceptors (Lipinski definition) is 8. The topological polar surface area (TPSA) is 104 Å². The van der Waals surface area contributed by atoms with Crippen molar-refractivity contribution in [2.45, 2.75) is 38.6 Å². The van der Waals surface area contributed by atoms with Gasteiger partial charge in [0.1, 0.15) is 29.8 Å². The maximum absolute atomic E-state index is 13.1. The highest BCUT2D eigenvalue weighted by molar-refractivity contribution is 5.91. The van der Waals surface area contributed by atoms with Gasteiger partial charge in [0.15, 0.2) is 11.5 Å². The number of rotatable bonds is 9. The second kappa shape index (κ2) is 9.49. The van der Waals surface area contributed by atoms with E-state index < -0.39 is 11.9 Å². The number of fused-ring (bicyclic) bond motifs is 1. The van der Waals surface area contributed by atoms with Crippen molar-refractivity contribution in [2.75, 3.05) is 31.9 Å². The molecule has 34 heavy (non-hydrogen) atoms. The Balaban J connectivity index is 1.62. The molecule has 2 heterocycles. The number of nitrogens with two attached hydrogens (primary N) is 1. The van der Waals surface area contributed by atoms with Gasteiger partial charge in [-0.3, -0.25) is 0 Å². The molecule has 11 heteroatoms. The summed E-state index contributed by atoms with van der Waals surface area (Å²) in [5.41, 5.74) is 5.46. The van der Waals surface area contributed by atoms with Crippen molar-refractivity contribution in [1.29, 1.82) is 0 Å². The summed E-state index contributed by atoms with van der Waals surface area (Å²) in [6.07, 6.45) is -2.36. The molecule has 0 aliphatic heterocycles. The molecule has 1 atom stereocenters. The molecule has 0 saturated heterocycles. The van der Waals surface area contributed by atoms with E-state index in [1.807, 2.05) is 0 Å². The van der Waals surface area contributed by atoms with Crippen molar-refractivity contribution in [3.05, 3.63) is 41.3 Å². The van der Waals surface area contributed by atoms with Crippen LogP contribution in [0.3, 0.4) is 0 Å². The van der Waals surface area contributed by atoms with Gasteiger partial charge in [-0.25, -0.2) is 15.0 Å². The number of anilines is 2. The highest BCUT2D eigenvalue weighted by Gasteiger charge is 2.33. The predicted octanol–water partition coefficient (Wildman–Crippen LogP) is 4.36. The van der Waals surface area contributed by atoms with E-state index in [2.05, 4.69) is 20.3 Å². The molecule has 1 aliphatic carbocycles. The van der Waals surface area contributed by atoms with Crippen LogP contribution >= 0.6 is 0 Å². The van der Waals surface area contributed by atoms with E-state index in [-0.39, 0.29) is 18.5 Å². The minimum atomic E-state index is -4.59. The molecule has 182 valence electrons. The third kappa shape index (κ3) is 5.41. The maximum Gasteiger partial charge on any atom is 0.433 e. The van der Waals surface area contributed by atoms with Gasteiger partial charge in [0, 0.05) is 25.1 Å². The third-order valence-electron chi connectivity index (χ3n) is 5.60. The average Bonchev–Trinajstić information content (AvgIpc) is 3.62. The van der Waals surface area contributed by atoms with E-state index in [1.54, 1.807) is 33.3 Å². The Morgan fingerprint density at radius 3 is 2.50 bits per heavy atom. The highest BCUT2D eigenvalue weighted by Crippen LogP contribution is 2.37. The van der Waals surface area contributed by atoms with Gasteiger partial charge >= 0.3 is 6.18 Å². The monoisotopic (exact) mass is 477 g/mol. The molecule has 1 aromatic carbocycles. The number of nitrogens with zero attached hydrogens (tertiary/aromatic N) is 3. The fraction of sp³-hybridized carbons (Fsp3) is 0.435. The summed E-state index contributed by atoms with van der Waals surface area (Å²) in [4.78, 5) is 12.3. The Morgan fingerprint density at radius 1 is 1.09 bits per heavy atom. The number of ether oxygens (including phenoxy) is 3. The number of halogens is 3. The fourth-order valence-corrected chi connectivity index (χ4v) is 3.74. The average molecular weight is 477 g/mol. The second-order valence-corrected chi connectivity index (χ2v) is 8.20. The molecule has 0 amide bonds. The minimum Gasteiger partial charge on any atom is -0.493 e. The molecule has 3 aromatic rings. The quantitative estimate of drug-likeness (QED) is 0.469. The summed E-state index contributed by atoms with van der Waals surface area (Å²) in [5, 5.41) is 3.74. The van der Waals surface area contributed by atoms with Crippen molar-refractivity contribution in [1.82, 2.24) is 15.0 Å². The van der Waals surface area contributed by atoms with Crippen LogP contribution in [0.25, 0.3) is 10.9 Å². The van der Waals surface area contributed by atoms with Crippen LogP contribution in [0.1, 0.15) is 29.9 Å². The van der Waals surface area contributed by atoms with E-state index in [0.717, 1.165) is 18.9 Å². The molecule has 1 saturated carbocycles. The Bertz CT molecular complexity index is 1180. The van der Waals surface area contributed by atoms with Crippen molar-refractivity contribution < 1.29 is 27.4 Å². The van der Waals surface area contributed by atoms with Crippen LogP contribution in [0.5, 0.6) is 11.5 Å². The number of alkyl halides is 3. The Hall–Kier alpha value is -3.34. The lowest BCUT2D eigenvalue weighted by atomic mass is 10.1. The van der Waals surface area contributed by atoms with Gasteiger partial charge in [-0.05, 0) is 49.4 Å². The van der Waals surface area contributed by atoms with Gasteiger partial charge in [0.25, 0.3) is 0 Å². The number of aromatic nitrogens is 3. The van der Waals surface area contributed by atoms with Crippen molar-refractivity contribution in [3.63, 3.8) is 0 Å². The molecule has 3 N–H and O–H groups in total. The molecule has 1 fully saturated rings. The number of methoxy groups -OCH3 is 2. The first-order chi connectivity index (χ1) is 16.2. The summed E-state index contributed by atoms with van der Waals surface area (Å²) in [6, 6.07) is 5.85. The Labute approximate surface area is 194 Å². The fourth-order valence-electron chi connectivity index (χ4n) is 3.74. The van der Waals surface area contributed by atoms with Crippen molar-refractivity contribution in [3.8, 4) is 11.5 Å². The molecule has 1 aliphatic rings. The standard InChI is InChI=1S/C23H26F3N5O3/c1-12-29-16-9-17(32-2)18(34-11-19(33-3)14-4-5-14)8-15(16)22(30-12)28-10-13-6-20(23(24,25)26)31-21(27)7-13/h6-9,14,19H,4-5,10-11H2,1-3H3,(H2,27,31)(H,28,29,30). The summed E-state index contributed by atoms with van der Waals surface area (Å²) in [5.74, 6) is 2.24. The first-order valence-electron chi connectivity index (χ1n) is 10.8. The van der Waals surface area contributed by atoms with Crippen LogP contribution in [0.4, 0.5) is 24.8 Å². The van der Waals surface area contributed by atoms with E-state index in [1.165, 1.54) is 6.07 Å². The lowest BCUT2D eigenvalue weighted by Gasteiger charge is -2.18. The number of nitrogens with one attached hydrogen (secondary N) is 1. The summed E-state index contributed by atoms with van der Waals surface area (Å²) < 4.78 is 56.4. The molecule has 4 rings (SSSR count). The first-order valence-corrected chi connectivity index (χ1v) is 10.8. The van der Waals surface area contributed by atoms with E-state index in [0.29, 0.717) is 52.1 Å². The van der Waals surface area contributed by atoms with Crippen LogP contribution < -0.4 is 20.5 Å². The molecule has 2 aromatic heterocycles. The van der Waals surface area contributed by atoms with Gasteiger partial charge in [-0.15, -0.1) is 0 Å². The van der Waals surface area contributed by atoms with Crippen LogP contribution in [0.15, 0.2) is 24.3 Å². The lowest BCUT2D eigenvalue weighted by molar-refractivity contribution is -0.141. The van der Waals surface area contributed by atoms with E-state index in [4.69, 9.17) is 19.9 Å². The zero-order valence-electron chi connectivity index (χ0n) is 19.1. The predicted molar refractivity (Wildman–Crippen MR) is 121 cm³/mol. The Kier molecular flexibility index (Phi) is 6.65. The SMILES string of the molecule is COc1cc2nc(C)nc(NCc3cc(N)nc(C(F)(F)F)c3)c2cc1OCC(OC)C1CC1. The molecule has 1 unspecified atom stereocenters. The van der Waals surface area contributed by atoms with Gasteiger partial charge in [0.05, 0.1) is 18.7 Å². The molecule has 0 radical (unpaired) electrons. The van der Waals surface area contributed by atoms with Gasteiger partial charge < -0.3 is 25.3 Å². The van der Waals surface area contributed by atoms with Gasteiger partial charge in [-0.1, -0.05) is 0 Å². The van der Waals surface area contributed by atoms with Crippen LogP contribution in [0, 0.1) is 12.8 Å². The zero-order valence-corrected chi connectivity index (χ0v) is 19.1. The Morgan fingerprint density at radius 2 is 1.85 bits per heavy atom. The highest BCUT2D eigenvalue weighted by atomic mass is 19.4. The number of aryl methyl sites for hydroxylation is 1. The molecule has 8 nitrogen and oxygen atoms in total. The lowest BCUT2D eigenvalue weighted by Crippen LogP contribution is -2.22. The third-order valence-corrected chi connectivity index (χ3v) is 5.60. The normalized spacial score (nSPS) is 14.8. The maximum atomic E-state index is 13.1. The van der Waals surface area contributed by atoms with E-state index >= 15 is 0 Å². The largest absolute Gasteiger partial charge is 0.493 e. The summed E-state index contributed by atoms with van der Waals surface area (Å²) in [6.45, 7) is 2.15. The first kappa shape index (κ1) is 23.8. The van der Waals surface area contributed by atoms with E-state index in [9.17, 15) is 13.2 Å². The van der Waals surface area contributed by atoms with Crippen LogP contribution in [0.2, 0.25) is 0 Å². The van der Waals surface area contributed by atoms with Crippen molar-refractivity contribution >= 4 is 22.5 Å². The minimum absolute atomic E-state index is 0.00718. The van der Waals surface area contributed by atoms with Crippen molar-refractivity contribution in [2.24, 2.45) is 5.92 Å². The smallest absolute Gasteiger partial charge is 0.433 e. The number of pyridine rings is 1. The summed E-state index contributed by atoms with van der Waals surface area (Å²) in [7, 11) is 3.21. The number of benzene rings is 1. The van der Waals surface area contributed by atoms with Crippen LogP contribution in [-0.4, -0.2) is 41.9 Å².